The van der Waals surface area contributed by atoms with Crippen molar-refractivity contribution >= 4 is 17.7 Å². The van der Waals surface area contributed by atoms with Gasteiger partial charge >= 0.3 is 0 Å². The molecular weight excluding hydrogens is 456 g/mol. The second kappa shape index (κ2) is 10.4. The van der Waals surface area contributed by atoms with Crippen LogP contribution in [0.3, 0.4) is 0 Å². The summed E-state index contributed by atoms with van der Waals surface area (Å²) in [6, 6.07) is 24.1. The zero-order valence-electron chi connectivity index (χ0n) is 20.0. The van der Waals surface area contributed by atoms with Crippen molar-refractivity contribution in [1.29, 1.82) is 0 Å². The number of ether oxygens (including phenoxy) is 1. The van der Waals surface area contributed by atoms with Crippen LogP contribution in [0, 0.1) is 6.92 Å². The lowest BCUT2D eigenvalue weighted by Gasteiger charge is -2.15. The highest BCUT2D eigenvalue weighted by molar-refractivity contribution is 7.98. The number of benzene rings is 3. The van der Waals surface area contributed by atoms with E-state index >= 15 is 0 Å². The summed E-state index contributed by atoms with van der Waals surface area (Å²) in [5.41, 5.74) is 5.01. The van der Waals surface area contributed by atoms with Gasteiger partial charge in [0.15, 0.2) is 11.0 Å². The first-order valence-corrected chi connectivity index (χ1v) is 12.8. The molecule has 1 fully saturated rings. The Morgan fingerprint density at radius 2 is 1.74 bits per heavy atom. The summed E-state index contributed by atoms with van der Waals surface area (Å²) in [6.45, 7) is 3.80. The maximum Gasteiger partial charge on any atom is 0.253 e. The van der Waals surface area contributed by atoms with Crippen LogP contribution in [0.2, 0.25) is 0 Å². The minimum Gasteiger partial charge on any atom is -0.497 e. The molecular formula is C28H28N4O2S. The monoisotopic (exact) mass is 484 g/mol. The molecule has 6 nitrogen and oxygen atoms in total. The Bertz CT molecular complexity index is 1330. The number of hydrogen-bond acceptors (Lipinski definition) is 5. The number of likely N-dealkylation sites (tertiary alicyclic amines) is 1. The van der Waals surface area contributed by atoms with E-state index < -0.39 is 0 Å². The molecule has 0 atom stereocenters. The van der Waals surface area contributed by atoms with Crippen molar-refractivity contribution in [3.8, 4) is 22.8 Å². The molecule has 0 aliphatic carbocycles. The first-order chi connectivity index (χ1) is 17.1. The molecule has 0 unspecified atom stereocenters. The number of nitrogens with zero attached hydrogens (tertiary/aromatic N) is 4. The van der Waals surface area contributed by atoms with E-state index in [1.54, 1.807) is 18.9 Å². The highest BCUT2D eigenvalue weighted by atomic mass is 32.2. The van der Waals surface area contributed by atoms with Crippen molar-refractivity contribution in [2.24, 2.45) is 0 Å². The minimum absolute atomic E-state index is 0.129. The van der Waals surface area contributed by atoms with E-state index in [4.69, 9.17) is 4.74 Å². The lowest BCUT2D eigenvalue weighted by atomic mass is 10.1. The van der Waals surface area contributed by atoms with Crippen molar-refractivity contribution in [3.63, 3.8) is 0 Å². The molecule has 0 radical (unpaired) electrons. The Hall–Kier alpha value is -3.58. The average Bonchev–Trinajstić information content (AvgIpc) is 3.58. The second-order valence-electron chi connectivity index (χ2n) is 8.70. The van der Waals surface area contributed by atoms with Gasteiger partial charge in [0, 0.05) is 35.7 Å². The Balaban J connectivity index is 1.40. The smallest absolute Gasteiger partial charge is 0.253 e. The highest BCUT2D eigenvalue weighted by Gasteiger charge is 2.20. The van der Waals surface area contributed by atoms with E-state index in [1.807, 2.05) is 59.5 Å². The van der Waals surface area contributed by atoms with Crippen molar-refractivity contribution in [2.75, 3.05) is 20.2 Å². The number of aromatic nitrogens is 3. The number of carbonyl (C=O) groups excluding carboxylic acids is 1. The number of carbonyl (C=O) groups is 1. The predicted molar refractivity (Wildman–Crippen MR) is 139 cm³/mol. The summed E-state index contributed by atoms with van der Waals surface area (Å²) in [4.78, 5) is 14.6. The molecule has 1 aromatic heterocycles. The normalized spacial score (nSPS) is 13.3. The van der Waals surface area contributed by atoms with E-state index in [9.17, 15) is 4.79 Å². The van der Waals surface area contributed by atoms with Gasteiger partial charge in [0.05, 0.1) is 7.11 Å². The van der Waals surface area contributed by atoms with Crippen LogP contribution in [0.25, 0.3) is 17.1 Å². The van der Waals surface area contributed by atoms with Gasteiger partial charge in [-0.15, -0.1) is 10.2 Å². The second-order valence-corrected chi connectivity index (χ2v) is 9.64. The van der Waals surface area contributed by atoms with Crippen LogP contribution in [0.1, 0.15) is 34.3 Å². The Kier molecular flexibility index (Phi) is 6.86. The Morgan fingerprint density at radius 1 is 0.971 bits per heavy atom. The van der Waals surface area contributed by atoms with E-state index in [0.29, 0.717) is 0 Å². The van der Waals surface area contributed by atoms with E-state index in [-0.39, 0.29) is 5.91 Å². The minimum atomic E-state index is 0.129. The molecule has 2 heterocycles. The van der Waals surface area contributed by atoms with Crippen LogP contribution in [0.4, 0.5) is 0 Å². The summed E-state index contributed by atoms with van der Waals surface area (Å²) in [5, 5.41) is 9.90. The van der Waals surface area contributed by atoms with Crippen LogP contribution in [0.5, 0.6) is 5.75 Å². The molecule has 0 spiro atoms. The molecule has 7 heteroatoms. The standard InChI is InChI=1S/C28H28N4O2S/c1-20-7-5-9-24(17-20)32-26(23-8-6-10-25(18-23)34-2)29-30-28(32)35-19-21-11-13-22(14-12-21)27(33)31-15-3-4-16-31/h5-14,17-18H,3-4,15-16,19H2,1-2H3. The van der Waals surface area contributed by atoms with Crippen molar-refractivity contribution < 1.29 is 9.53 Å². The lowest BCUT2D eigenvalue weighted by molar-refractivity contribution is 0.0793. The van der Waals surface area contributed by atoms with Crippen LogP contribution < -0.4 is 4.74 Å². The third-order valence-corrected chi connectivity index (χ3v) is 7.18. The average molecular weight is 485 g/mol. The quantitative estimate of drug-likeness (QED) is 0.311. The summed E-state index contributed by atoms with van der Waals surface area (Å²) in [5.74, 6) is 2.40. The van der Waals surface area contributed by atoms with Crippen molar-refractivity contribution in [2.45, 2.75) is 30.7 Å². The van der Waals surface area contributed by atoms with Crippen molar-refractivity contribution in [3.05, 3.63) is 89.5 Å². The molecule has 4 aromatic rings. The fourth-order valence-electron chi connectivity index (χ4n) is 4.31. The van der Waals surface area contributed by atoms with E-state index in [0.717, 1.165) is 70.8 Å². The molecule has 35 heavy (non-hydrogen) atoms. The SMILES string of the molecule is COc1cccc(-c2nnc(SCc3ccc(C(=O)N4CCCC4)cc3)n2-c2cccc(C)c2)c1. The highest BCUT2D eigenvalue weighted by Crippen LogP contribution is 2.31. The fourth-order valence-corrected chi connectivity index (χ4v) is 5.21. The number of rotatable bonds is 7. The molecule has 0 N–H and O–H groups in total. The Morgan fingerprint density at radius 3 is 2.49 bits per heavy atom. The van der Waals surface area contributed by atoms with Crippen LogP contribution >= 0.6 is 11.8 Å². The fraction of sp³-hybridized carbons (Fsp3) is 0.250. The third kappa shape index (κ3) is 5.10. The molecule has 0 bridgehead atoms. The molecule has 0 saturated carbocycles. The first kappa shape index (κ1) is 23.2. The van der Waals surface area contributed by atoms with Gasteiger partial charge in [0.1, 0.15) is 5.75 Å². The van der Waals surface area contributed by atoms with Gasteiger partial charge < -0.3 is 9.64 Å². The maximum absolute atomic E-state index is 12.6. The van der Waals surface area contributed by atoms with Crippen molar-refractivity contribution in [1.82, 2.24) is 19.7 Å². The van der Waals surface area contributed by atoms with Gasteiger partial charge in [-0.3, -0.25) is 9.36 Å². The predicted octanol–water partition coefficient (Wildman–Crippen LogP) is 5.78. The van der Waals surface area contributed by atoms with Crippen LogP contribution in [-0.4, -0.2) is 45.8 Å². The Labute approximate surface area is 210 Å². The molecule has 3 aromatic carbocycles. The molecule has 1 aliphatic rings. The van der Waals surface area contributed by atoms with E-state index in [2.05, 4.69) is 39.9 Å². The summed E-state index contributed by atoms with van der Waals surface area (Å²) in [7, 11) is 1.66. The lowest BCUT2D eigenvalue weighted by Crippen LogP contribution is -2.27. The largest absolute Gasteiger partial charge is 0.497 e. The van der Waals surface area contributed by atoms with Gasteiger partial charge in [-0.1, -0.05) is 48.2 Å². The van der Waals surface area contributed by atoms with Gasteiger partial charge in [-0.2, -0.15) is 0 Å². The zero-order chi connectivity index (χ0) is 24.2. The molecule has 5 rings (SSSR count). The molecule has 1 amide bonds. The van der Waals surface area contributed by atoms with Crippen LogP contribution in [0.15, 0.2) is 78.0 Å². The summed E-state index contributed by atoms with van der Waals surface area (Å²) < 4.78 is 7.52. The summed E-state index contributed by atoms with van der Waals surface area (Å²) in [6.07, 6.45) is 2.19. The molecule has 1 saturated heterocycles. The van der Waals surface area contributed by atoms with E-state index in [1.165, 1.54) is 5.56 Å². The number of aryl methyl sites for hydroxylation is 1. The number of amides is 1. The third-order valence-electron chi connectivity index (χ3n) is 6.18. The van der Waals surface area contributed by atoms with Gasteiger partial charge in [0.25, 0.3) is 5.91 Å². The van der Waals surface area contributed by atoms with Gasteiger partial charge in [-0.25, -0.2) is 0 Å². The topological polar surface area (TPSA) is 60.3 Å². The van der Waals surface area contributed by atoms with Gasteiger partial charge in [0.2, 0.25) is 0 Å². The summed E-state index contributed by atoms with van der Waals surface area (Å²) >= 11 is 1.63. The first-order valence-electron chi connectivity index (χ1n) is 11.8. The molecule has 178 valence electrons. The van der Waals surface area contributed by atoms with Gasteiger partial charge in [-0.05, 0) is 67.3 Å². The van der Waals surface area contributed by atoms with Crippen LogP contribution in [-0.2, 0) is 5.75 Å². The number of thioether (sulfide) groups is 1. The number of hydrogen-bond donors (Lipinski definition) is 0. The zero-order valence-corrected chi connectivity index (χ0v) is 20.8. The molecule has 1 aliphatic heterocycles. The maximum atomic E-state index is 12.6. The number of methoxy groups -OCH3 is 1.